The third kappa shape index (κ3) is 66.7. The first kappa shape index (κ1) is 77.9. The van der Waals surface area contributed by atoms with Gasteiger partial charge in [-0.3, -0.25) is 14.4 Å². The van der Waals surface area contributed by atoms with E-state index in [4.69, 9.17) is 14.2 Å². The van der Waals surface area contributed by atoms with E-state index in [1.165, 1.54) is 308 Å². The molecule has 0 heterocycles. The van der Waals surface area contributed by atoms with E-state index < -0.39 is 6.10 Å². The van der Waals surface area contributed by atoms with E-state index in [0.29, 0.717) is 19.3 Å². The molecule has 0 aromatic rings. The van der Waals surface area contributed by atoms with Gasteiger partial charge in [0.1, 0.15) is 13.2 Å². The van der Waals surface area contributed by atoms with Crippen LogP contribution in [0.15, 0.2) is 24.3 Å². The largest absolute Gasteiger partial charge is 0.462 e. The molecule has 0 saturated carbocycles. The molecule has 0 bridgehead atoms. The van der Waals surface area contributed by atoms with Gasteiger partial charge in [0.05, 0.1) is 0 Å². The van der Waals surface area contributed by atoms with Gasteiger partial charge in [-0.1, -0.05) is 366 Å². The van der Waals surface area contributed by atoms with E-state index in [0.717, 1.165) is 64.2 Å². The molecule has 0 saturated heterocycles. The van der Waals surface area contributed by atoms with E-state index in [9.17, 15) is 14.4 Å². The molecule has 1 unspecified atom stereocenters. The number of carbonyl (C=O) groups excluding carboxylic acids is 3. The minimum absolute atomic E-state index is 0.0641. The number of hydrogen-bond donors (Lipinski definition) is 0. The topological polar surface area (TPSA) is 78.9 Å². The van der Waals surface area contributed by atoms with E-state index in [1.807, 2.05) is 0 Å². The maximum absolute atomic E-state index is 12.9. The average molecular weight is 1130 g/mol. The summed E-state index contributed by atoms with van der Waals surface area (Å²) in [6.45, 7) is 6.70. The van der Waals surface area contributed by atoms with Crippen molar-refractivity contribution in [3.8, 4) is 0 Å². The molecule has 472 valence electrons. The Labute approximate surface area is 500 Å². The number of unbranched alkanes of at least 4 members (excludes halogenated alkanes) is 53. The summed E-state index contributed by atoms with van der Waals surface area (Å²) < 4.78 is 17.0. The van der Waals surface area contributed by atoms with Crippen LogP contribution in [0.5, 0.6) is 0 Å². The molecule has 0 aliphatic rings. The van der Waals surface area contributed by atoms with E-state index in [2.05, 4.69) is 45.1 Å². The Morgan fingerprint density at radius 3 is 0.688 bits per heavy atom. The summed E-state index contributed by atoms with van der Waals surface area (Å²) in [5.41, 5.74) is 0. The SMILES string of the molecule is CCCCCCC/C=C\C/C=C\CCCCCCCCCCCCCCCCCC(=O)OCC(COC(=O)CCCCCCCCCCCC)OC(=O)CCCCCCCCCCCCCCCCCCCCCCCCCCC. The molecule has 0 aliphatic heterocycles. The van der Waals surface area contributed by atoms with Crippen molar-refractivity contribution in [2.45, 2.75) is 419 Å². The summed E-state index contributed by atoms with van der Waals surface area (Å²) in [6.07, 6.45) is 85.1. The highest BCUT2D eigenvalue weighted by Gasteiger charge is 2.19. The molecular formula is C74H140O6. The van der Waals surface area contributed by atoms with Crippen molar-refractivity contribution in [3.63, 3.8) is 0 Å². The lowest BCUT2D eigenvalue weighted by atomic mass is 10.0. The second-order valence-corrected chi connectivity index (χ2v) is 24.9. The number of rotatable bonds is 68. The van der Waals surface area contributed by atoms with Crippen molar-refractivity contribution in [1.29, 1.82) is 0 Å². The fourth-order valence-electron chi connectivity index (χ4n) is 11.2. The van der Waals surface area contributed by atoms with Gasteiger partial charge >= 0.3 is 17.9 Å². The summed E-state index contributed by atoms with van der Waals surface area (Å²) in [6, 6.07) is 0. The van der Waals surface area contributed by atoms with Crippen molar-refractivity contribution < 1.29 is 28.6 Å². The maximum Gasteiger partial charge on any atom is 0.306 e. The van der Waals surface area contributed by atoms with Crippen molar-refractivity contribution in [2.24, 2.45) is 0 Å². The number of allylic oxidation sites excluding steroid dienone is 4. The highest BCUT2D eigenvalue weighted by molar-refractivity contribution is 5.71. The second-order valence-electron chi connectivity index (χ2n) is 24.9. The lowest BCUT2D eigenvalue weighted by Crippen LogP contribution is -2.30. The van der Waals surface area contributed by atoms with Crippen LogP contribution in [0.3, 0.4) is 0 Å². The van der Waals surface area contributed by atoms with Gasteiger partial charge in [0, 0.05) is 19.3 Å². The van der Waals surface area contributed by atoms with E-state index >= 15 is 0 Å². The van der Waals surface area contributed by atoms with Gasteiger partial charge in [0.25, 0.3) is 0 Å². The van der Waals surface area contributed by atoms with Crippen molar-refractivity contribution in [3.05, 3.63) is 24.3 Å². The summed E-state index contributed by atoms with van der Waals surface area (Å²) in [5.74, 6) is -0.833. The van der Waals surface area contributed by atoms with Crippen LogP contribution >= 0.6 is 0 Å². The molecule has 0 spiro atoms. The van der Waals surface area contributed by atoms with Gasteiger partial charge in [-0.15, -0.1) is 0 Å². The summed E-state index contributed by atoms with van der Waals surface area (Å²) >= 11 is 0. The highest BCUT2D eigenvalue weighted by Crippen LogP contribution is 2.19. The van der Waals surface area contributed by atoms with Crippen LogP contribution in [0.25, 0.3) is 0 Å². The molecule has 1 atom stereocenters. The first-order chi connectivity index (χ1) is 39.5. The maximum atomic E-state index is 12.9. The average Bonchev–Trinajstić information content (AvgIpc) is 3.46. The molecule has 0 fully saturated rings. The predicted octanol–water partition coefficient (Wildman–Crippen LogP) is 25.0. The second kappa shape index (κ2) is 69.4. The van der Waals surface area contributed by atoms with E-state index in [1.54, 1.807) is 0 Å². The molecule has 0 aromatic heterocycles. The van der Waals surface area contributed by atoms with E-state index in [-0.39, 0.29) is 31.1 Å². The Hall–Kier alpha value is -2.11. The smallest absolute Gasteiger partial charge is 0.306 e. The Bertz CT molecular complexity index is 1290. The van der Waals surface area contributed by atoms with Crippen LogP contribution in [0.4, 0.5) is 0 Å². The Morgan fingerprint density at radius 2 is 0.450 bits per heavy atom. The molecule has 0 aromatic carbocycles. The zero-order valence-corrected chi connectivity index (χ0v) is 54.4. The number of carbonyl (C=O) groups is 3. The number of hydrogen-bond acceptors (Lipinski definition) is 6. The molecule has 0 N–H and O–H groups in total. The van der Waals surface area contributed by atoms with Crippen molar-refractivity contribution in [2.75, 3.05) is 13.2 Å². The normalized spacial score (nSPS) is 12.1. The molecular weight excluding hydrogens is 985 g/mol. The third-order valence-corrected chi connectivity index (χ3v) is 16.7. The number of ether oxygens (including phenoxy) is 3. The predicted molar refractivity (Wildman–Crippen MR) is 349 cm³/mol. The molecule has 80 heavy (non-hydrogen) atoms. The van der Waals surface area contributed by atoms with Crippen LogP contribution in [-0.2, 0) is 28.6 Å². The quantitative estimate of drug-likeness (QED) is 0.0261. The monoisotopic (exact) mass is 1130 g/mol. The Morgan fingerprint density at radius 1 is 0.250 bits per heavy atom. The molecule has 6 nitrogen and oxygen atoms in total. The van der Waals surface area contributed by atoms with Crippen LogP contribution in [0, 0.1) is 0 Å². The lowest BCUT2D eigenvalue weighted by molar-refractivity contribution is -0.167. The van der Waals surface area contributed by atoms with Gasteiger partial charge in [-0.2, -0.15) is 0 Å². The van der Waals surface area contributed by atoms with Crippen molar-refractivity contribution in [1.82, 2.24) is 0 Å². The van der Waals surface area contributed by atoms with Gasteiger partial charge in [-0.25, -0.2) is 0 Å². The molecule has 0 aliphatic carbocycles. The molecule has 0 amide bonds. The first-order valence-electron chi connectivity index (χ1n) is 36.3. The first-order valence-corrected chi connectivity index (χ1v) is 36.3. The molecule has 0 radical (unpaired) electrons. The third-order valence-electron chi connectivity index (χ3n) is 16.7. The van der Waals surface area contributed by atoms with Crippen LogP contribution < -0.4 is 0 Å². The number of esters is 3. The lowest BCUT2D eigenvalue weighted by Gasteiger charge is -2.18. The fourth-order valence-corrected chi connectivity index (χ4v) is 11.2. The van der Waals surface area contributed by atoms with Crippen molar-refractivity contribution >= 4 is 17.9 Å². The van der Waals surface area contributed by atoms with Crippen LogP contribution in [0.2, 0.25) is 0 Å². The standard InChI is InChI=1S/C74H140O6/c1-4-7-10-13-16-19-22-24-26-28-30-32-34-36-37-39-40-42-44-46-48-50-52-55-58-61-64-67-73(76)79-70-71(69-78-72(75)66-63-60-57-54-21-18-15-12-9-6-3)80-74(77)68-65-62-59-56-53-51-49-47-45-43-41-38-35-33-31-29-27-25-23-20-17-14-11-8-5-2/h22,24,28,30,71H,4-21,23,25-27,29,31-70H2,1-3H3/b24-22-,30-28-. The van der Waals surface area contributed by atoms with Gasteiger partial charge in [0.15, 0.2) is 6.10 Å². The fraction of sp³-hybridized carbons (Fsp3) is 0.905. The van der Waals surface area contributed by atoms with Gasteiger partial charge < -0.3 is 14.2 Å². The minimum Gasteiger partial charge on any atom is -0.462 e. The Balaban J connectivity index is 4.11. The summed E-state index contributed by atoms with van der Waals surface area (Å²) in [7, 11) is 0. The molecule has 6 heteroatoms. The van der Waals surface area contributed by atoms with Gasteiger partial charge in [-0.05, 0) is 51.4 Å². The minimum atomic E-state index is -0.766. The highest BCUT2D eigenvalue weighted by atomic mass is 16.6. The van der Waals surface area contributed by atoms with Crippen LogP contribution in [-0.4, -0.2) is 37.2 Å². The summed E-state index contributed by atoms with van der Waals surface area (Å²) in [5, 5.41) is 0. The van der Waals surface area contributed by atoms with Crippen LogP contribution in [0.1, 0.15) is 412 Å². The Kier molecular flexibility index (Phi) is 67.6. The summed E-state index contributed by atoms with van der Waals surface area (Å²) in [4.78, 5) is 38.4. The zero-order valence-electron chi connectivity index (χ0n) is 54.4. The zero-order chi connectivity index (χ0) is 57.8. The van der Waals surface area contributed by atoms with Gasteiger partial charge in [0.2, 0.25) is 0 Å². The molecule has 0 rings (SSSR count).